The number of halogens is 2. The van der Waals surface area contributed by atoms with E-state index in [4.69, 9.17) is 18.0 Å². The summed E-state index contributed by atoms with van der Waals surface area (Å²) in [6.45, 7) is 0. The summed E-state index contributed by atoms with van der Waals surface area (Å²) in [4.78, 5) is 0. The maximum atomic E-state index is 5.78. The topological polar surface area (TPSA) is 0 Å². The second-order valence-electron chi connectivity index (χ2n) is 2.12. The summed E-state index contributed by atoms with van der Waals surface area (Å²) in [7, 11) is 0. The molecule has 0 radical (unpaired) electrons. The summed E-state index contributed by atoms with van der Waals surface area (Å²) in [5, 5.41) is 0.746. The van der Waals surface area contributed by atoms with Gasteiger partial charge in [0.2, 0.25) is 0 Å². The molecular formula is C9H6ClI. The van der Waals surface area contributed by atoms with Gasteiger partial charge >= 0.3 is 0 Å². The summed E-state index contributed by atoms with van der Waals surface area (Å²) in [6.07, 6.45) is 5.83. The molecule has 11 heavy (non-hydrogen) atoms. The van der Waals surface area contributed by atoms with Crippen molar-refractivity contribution in [3.63, 3.8) is 0 Å². The number of hydrogen-bond acceptors (Lipinski definition) is 0. The van der Waals surface area contributed by atoms with Crippen molar-refractivity contribution in [3.05, 3.63) is 32.4 Å². The van der Waals surface area contributed by atoms with Gasteiger partial charge in [-0.15, -0.1) is 12.3 Å². The smallest absolute Gasteiger partial charge is 0.0409 e. The van der Waals surface area contributed by atoms with E-state index in [0.29, 0.717) is 6.42 Å². The van der Waals surface area contributed by atoms with E-state index in [2.05, 4.69) is 28.5 Å². The number of terminal acetylenes is 1. The van der Waals surface area contributed by atoms with Gasteiger partial charge in [-0.1, -0.05) is 11.6 Å². The van der Waals surface area contributed by atoms with Crippen LogP contribution in [0.5, 0.6) is 0 Å². The summed E-state index contributed by atoms with van der Waals surface area (Å²) < 4.78 is 1.17. The van der Waals surface area contributed by atoms with Crippen molar-refractivity contribution in [1.82, 2.24) is 0 Å². The first-order chi connectivity index (χ1) is 5.24. The van der Waals surface area contributed by atoms with Gasteiger partial charge in [-0.3, -0.25) is 0 Å². The van der Waals surface area contributed by atoms with Gasteiger partial charge < -0.3 is 0 Å². The Morgan fingerprint density at radius 2 is 2.27 bits per heavy atom. The van der Waals surface area contributed by atoms with Crippen LogP contribution in [-0.2, 0) is 6.42 Å². The van der Waals surface area contributed by atoms with Crippen molar-refractivity contribution < 1.29 is 0 Å². The molecule has 1 rings (SSSR count). The normalized spacial score (nSPS) is 9.18. The fraction of sp³-hybridized carbons (Fsp3) is 0.111. The maximum absolute atomic E-state index is 5.78. The number of rotatable bonds is 1. The van der Waals surface area contributed by atoms with Gasteiger partial charge in [-0.05, 0) is 46.4 Å². The molecule has 0 N–H and O–H groups in total. The standard InChI is InChI=1S/C9H6ClI/c1-2-3-7-6-8(10)4-5-9(7)11/h1,4-6H,3H2. The molecule has 0 saturated carbocycles. The molecule has 0 unspecified atom stereocenters. The van der Waals surface area contributed by atoms with E-state index in [1.165, 1.54) is 3.57 Å². The van der Waals surface area contributed by atoms with Crippen LogP contribution in [0.1, 0.15) is 5.56 Å². The molecule has 0 aliphatic rings. The van der Waals surface area contributed by atoms with Crippen molar-refractivity contribution in [2.45, 2.75) is 6.42 Å². The number of benzene rings is 1. The average Bonchev–Trinajstić information content (AvgIpc) is 1.98. The minimum absolute atomic E-state index is 0.652. The molecule has 1 aromatic rings. The Labute approximate surface area is 85.1 Å². The molecule has 0 fully saturated rings. The SMILES string of the molecule is C#CCc1cc(Cl)ccc1I. The zero-order chi connectivity index (χ0) is 8.27. The molecule has 56 valence electrons. The second-order valence-corrected chi connectivity index (χ2v) is 3.72. The van der Waals surface area contributed by atoms with Crippen molar-refractivity contribution in [3.8, 4) is 12.3 Å². The largest absolute Gasteiger partial charge is 0.120 e. The number of hydrogen-bond donors (Lipinski definition) is 0. The lowest BCUT2D eigenvalue weighted by molar-refractivity contribution is 1.29. The summed E-state index contributed by atoms with van der Waals surface area (Å²) in [5.41, 5.74) is 1.13. The van der Waals surface area contributed by atoms with Crippen LogP contribution in [0.4, 0.5) is 0 Å². The molecule has 0 aliphatic heterocycles. The second kappa shape index (κ2) is 3.99. The van der Waals surface area contributed by atoms with E-state index >= 15 is 0 Å². The molecular weight excluding hydrogens is 270 g/mol. The van der Waals surface area contributed by atoms with Crippen molar-refractivity contribution in [2.24, 2.45) is 0 Å². The Morgan fingerprint density at radius 3 is 2.91 bits per heavy atom. The fourth-order valence-electron chi connectivity index (χ4n) is 0.789. The van der Waals surface area contributed by atoms with Crippen LogP contribution < -0.4 is 0 Å². The molecule has 1 aromatic carbocycles. The zero-order valence-corrected chi connectivity index (χ0v) is 8.69. The van der Waals surface area contributed by atoms with Gasteiger partial charge in [-0.25, -0.2) is 0 Å². The molecule has 0 aliphatic carbocycles. The summed E-state index contributed by atoms with van der Waals surface area (Å²) in [6, 6.07) is 5.74. The van der Waals surface area contributed by atoms with Crippen molar-refractivity contribution >= 4 is 34.2 Å². The quantitative estimate of drug-likeness (QED) is 0.546. The van der Waals surface area contributed by atoms with Crippen LogP contribution in [0.3, 0.4) is 0 Å². The van der Waals surface area contributed by atoms with Crippen LogP contribution >= 0.6 is 34.2 Å². The monoisotopic (exact) mass is 276 g/mol. The van der Waals surface area contributed by atoms with E-state index in [9.17, 15) is 0 Å². The van der Waals surface area contributed by atoms with Gasteiger partial charge in [0.25, 0.3) is 0 Å². The van der Waals surface area contributed by atoms with Crippen LogP contribution in [0.15, 0.2) is 18.2 Å². The Bertz CT molecular complexity index is 299. The Kier molecular flexibility index (Phi) is 3.22. The molecule has 0 heterocycles. The van der Waals surface area contributed by atoms with Gasteiger partial charge in [0.15, 0.2) is 0 Å². The Balaban J connectivity index is 3.05. The lowest BCUT2D eigenvalue weighted by atomic mass is 10.2. The lowest BCUT2D eigenvalue weighted by Crippen LogP contribution is -1.85. The van der Waals surface area contributed by atoms with Crippen LogP contribution in [0.25, 0.3) is 0 Å². The van der Waals surface area contributed by atoms with Crippen molar-refractivity contribution in [1.29, 1.82) is 0 Å². The minimum Gasteiger partial charge on any atom is -0.120 e. The average molecular weight is 277 g/mol. The highest BCUT2D eigenvalue weighted by molar-refractivity contribution is 14.1. The lowest BCUT2D eigenvalue weighted by Gasteiger charge is -1.99. The molecule has 0 spiro atoms. The zero-order valence-electron chi connectivity index (χ0n) is 5.77. The van der Waals surface area contributed by atoms with Crippen LogP contribution in [0.2, 0.25) is 5.02 Å². The highest BCUT2D eigenvalue weighted by Gasteiger charge is 1.97. The first-order valence-electron chi connectivity index (χ1n) is 3.11. The van der Waals surface area contributed by atoms with Crippen LogP contribution in [-0.4, -0.2) is 0 Å². The molecule has 0 bridgehead atoms. The maximum Gasteiger partial charge on any atom is 0.0409 e. The van der Waals surface area contributed by atoms with Crippen LogP contribution in [0, 0.1) is 15.9 Å². The Hall–Kier alpha value is -0.200. The van der Waals surface area contributed by atoms with Gasteiger partial charge in [0, 0.05) is 15.0 Å². The Morgan fingerprint density at radius 1 is 1.55 bits per heavy atom. The minimum atomic E-state index is 0.652. The highest BCUT2D eigenvalue weighted by Crippen LogP contribution is 2.17. The van der Waals surface area contributed by atoms with Gasteiger partial charge in [0.05, 0.1) is 0 Å². The van der Waals surface area contributed by atoms with E-state index in [1.807, 2.05) is 18.2 Å². The first-order valence-corrected chi connectivity index (χ1v) is 4.57. The van der Waals surface area contributed by atoms with Gasteiger partial charge in [-0.2, -0.15) is 0 Å². The molecule has 0 nitrogen and oxygen atoms in total. The van der Waals surface area contributed by atoms with Crippen molar-refractivity contribution in [2.75, 3.05) is 0 Å². The van der Waals surface area contributed by atoms with E-state index in [-0.39, 0.29) is 0 Å². The molecule has 0 amide bonds. The molecule has 0 atom stereocenters. The third-order valence-electron chi connectivity index (χ3n) is 1.30. The van der Waals surface area contributed by atoms with E-state index in [1.54, 1.807) is 0 Å². The molecule has 0 saturated heterocycles. The third kappa shape index (κ3) is 2.39. The highest BCUT2D eigenvalue weighted by atomic mass is 127. The third-order valence-corrected chi connectivity index (χ3v) is 2.59. The summed E-state index contributed by atoms with van der Waals surface area (Å²) >= 11 is 8.03. The van der Waals surface area contributed by atoms with E-state index < -0.39 is 0 Å². The van der Waals surface area contributed by atoms with E-state index in [0.717, 1.165) is 10.6 Å². The predicted octanol–water partition coefficient (Wildman–Crippen LogP) is 3.12. The first kappa shape index (κ1) is 8.89. The molecule has 0 aromatic heterocycles. The fourth-order valence-corrected chi connectivity index (χ4v) is 1.51. The van der Waals surface area contributed by atoms with Gasteiger partial charge in [0.1, 0.15) is 0 Å². The summed E-state index contributed by atoms with van der Waals surface area (Å²) in [5.74, 6) is 2.59. The predicted molar refractivity (Wildman–Crippen MR) is 56.7 cm³/mol. The molecule has 2 heteroatoms.